The van der Waals surface area contributed by atoms with Crippen LogP contribution in [0.3, 0.4) is 0 Å². The van der Waals surface area contributed by atoms with Crippen LogP contribution >= 0.6 is 0 Å². The number of amides is 1. The molecule has 2 heterocycles. The molecule has 1 saturated heterocycles. The van der Waals surface area contributed by atoms with E-state index in [0.717, 1.165) is 48.9 Å². The van der Waals surface area contributed by atoms with Crippen molar-refractivity contribution < 1.29 is 19.1 Å². The number of nitrogens with zero attached hydrogens (tertiary/aromatic N) is 1. The minimum atomic E-state index is -0.483. The molecule has 2 N–H and O–H groups in total. The number of benzene rings is 2. The molecule has 1 unspecified atom stereocenters. The van der Waals surface area contributed by atoms with Crippen molar-refractivity contribution in [2.24, 2.45) is 5.92 Å². The van der Waals surface area contributed by atoms with Gasteiger partial charge in [0, 0.05) is 29.9 Å². The number of para-hydroxylation sites is 1. The summed E-state index contributed by atoms with van der Waals surface area (Å²) in [6, 6.07) is 11.3. The number of aromatic amines is 1. The lowest BCUT2D eigenvalue weighted by Crippen LogP contribution is -2.36. The van der Waals surface area contributed by atoms with E-state index in [1.807, 2.05) is 18.2 Å². The van der Waals surface area contributed by atoms with Crippen molar-refractivity contribution in [3.05, 3.63) is 58.8 Å². The number of ether oxygens (including phenoxy) is 2. The summed E-state index contributed by atoms with van der Waals surface area (Å²) in [7, 11) is 1.35. The number of methoxy groups -OCH3 is 1. The average Bonchev–Trinajstić information content (AvgIpc) is 3.22. The molecule has 1 atom stereocenters. The van der Waals surface area contributed by atoms with E-state index in [1.165, 1.54) is 18.4 Å². The van der Waals surface area contributed by atoms with Gasteiger partial charge >= 0.3 is 5.97 Å². The Bertz CT molecular complexity index is 1210. The van der Waals surface area contributed by atoms with Crippen molar-refractivity contribution in [2.45, 2.75) is 26.2 Å². The first-order chi connectivity index (χ1) is 16.0. The van der Waals surface area contributed by atoms with E-state index in [9.17, 15) is 9.59 Å². The minimum Gasteiger partial charge on any atom is -0.465 e. The minimum absolute atomic E-state index is 0.253. The summed E-state index contributed by atoms with van der Waals surface area (Å²) in [5.41, 5.74) is 5.66. The average molecular weight is 448 g/mol. The zero-order valence-electron chi connectivity index (χ0n) is 19.1. The third-order valence-electron chi connectivity index (χ3n) is 6.75. The first-order valence-electron chi connectivity index (χ1n) is 11.5. The van der Waals surface area contributed by atoms with Crippen LogP contribution in [0.1, 0.15) is 45.3 Å². The van der Waals surface area contributed by atoms with Crippen molar-refractivity contribution >= 4 is 34.2 Å². The van der Waals surface area contributed by atoms with Gasteiger partial charge in [-0.25, -0.2) is 4.79 Å². The number of esters is 1. The Balaban J connectivity index is 1.47. The Morgan fingerprint density at radius 3 is 2.76 bits per heavy atom. The van der Waals surface area contributed by atoms with Crippen LogP contribution in [0.25, 0.3) is 10.9 Å². The van der Waals surface area contributed by atoms with Gasteiger partial charge in [0.05, 0.1) is 42.7 Å². The van der Waals surface area contributed by atoms with E-state index in [2.05, 4.69) is 28.2 Å². The molecule has 1 amide bonds. The zero-order chi connectivity index (χ0) is 22.9. The molecule has 0 bridgehead atoms. The number of anilines is 2. The third-order valence-corrected chi connectivity index (χ3v) is 6.75. The predicted octanol–water partition coefficient (Wildman–Crippen LogP) is 4.17. The summed E-state index contributed by atoms with van der Waals surface area (Å²) < 4.78 is 10.4. The van der Waals surface area contributed by atoms with E-state index < -0.39 is 5.97 Å². The lowest BCUT2D eigenvalue weighted by Gasteiger charge is -2.29. The lowest BCUT2D eigenvalue weighted by atomic mass is 9.87. The lowest BCUT2D eigenvalue weighted by molar-refractivity contribution is 0.0602. The van der Waals surface area contributed by atoms with Gasteiger partial charge in [-0.1, -0.05) is 19.1 Å². The highest BCUT2D eigenvalue weighted by atomic mass is 16.5. The molecule has 1 aliphatic carbocycles. The molecule has 33 heavy (non-hydrogen) atoms. The van der Waals surface area contributed by atoms with Crippen LogP contribution in [0.4, 0.5) is 11.4 Å². The number of rotatable bonds is 4. The maximum atomic E-state index is 13.3. The van der Waals surface area contributed by atoms with Gasteiger partial charge in [0.25, 0.3) is 5.91 Å². The van der Waals surface area contributed by atoms with E-state index in [4.69, 9.17) is 9.47 Å². The van der Waals surface area contributed by atoms with E-state index in [1.54, 1.807) is 12.1 Å². The number of fused-ring (bicyclic) bond motifs is 3. The van der Waals surface area contributed by atoms with Crippen molar-refractivity contribution in [1.29, 1.82) is 0 Å². The summed E-state index contributed by atoms with van der Waals surface area (Å²) in [4.78, 5) is 31.5. The highest BCUT2D eigenvalue weighted by molar-refractivity contribution is 6.14. The van der Waals surface area contributed by atoms with Gasteiger partial charge < -0.3 is 24.7 Å². The molecule has 2 aromatic carbocycles. The molecule has 2 aliphatic rings. The monoisotopic (exact) mass is 447 g/mol. The summed E-state index contributed by atoms with van der Waals surface area (Å²) in [5.74, 6) is -0.0963. The van der Waals surface area contributed by atoms with Crippen LogP contribution in [0.15, 0.2) is 36.4 Å². The number of carbonyl (C=O) groups is 2. The van der Waals surface area contributed by atoms with Gasteiger partial charge in [-0.2, -0.15) is 0 Å². The molecule has 7 heteroatoms. The van der Waals surface area contributed by atoms with Crippen LogP contribution in [-0.4, -0.2) is 50.3 Å². The van der Waals surface area contributed by atoms with Crippen molar-refractivity contribution in [3.8, 4) is 0 Å². The topological polar surface area (TPSA) is 83.7 Å². The second-order valence-corrected chi connectivity index (χ2v) is 8.93. The molecular weight excluding hydrogens is 418 g/mol. The van der Waals surface area contributed by atoms with E-state index in [-0.39, 0.29) is 5.91 Å². The van der Waals surface area contributed by atoms with E-state index >= 15 is 0 Å². The molecule has 3 aromatic rings. The second kappa shape index (κ2) is 8.90. The van der Waals surface area contributed by atoms with Crippen LogP contribution < -0.4 is 10.2 Å². The molecular formula is C26H29N3O4. The Kier molecular flexibility index (Phi) is 5.81. The van der Waals surface area contributed by atoms with Gasteiger partial charge in [0.15, 0.2) is 0 Å². The highest BCUT2D eigenvalue weighted by Crippen LogP contribution is 2.33. The standard InChI is InChI=1S/C26H29N3O4/c1-16-6-8-22-20(14-16)18-4-3-5-19(24(18)27-22)25(30)28-23-9-7-17(15-21(23)26(31)32-2)29-10-12-33-13-11-29/h3-5,7,9,15-16,27H,6,8,10-14H2,1-2H3,(H,28,30). The Hall–Kier alpha value is -3.32. The van der Waals surface area contributed by atoms with Gasteiger partial charge in [-0.3, -0.25) is 4.79 Å². The van der Waals surface area contributed by atoms with E-state index in [0.29, 0.717) is 35.9 Å². The molecule has 172 valence electrons. The molecule has 0 saturated carbocycles. The summed E-state index contributed by atoms with van der Waals surface area (Å²) in [6.45, 7) is 5.08. The van der Waals surface area contributed by atoms with Crippen molar-refractivity contribution in [3.63, 3.8) is 0 Å². The molecule has 7 nitrogen and oxygen atoms in total. The Morgan fingerprint density at radius 1 is 1.15 bits per heavy atom. The molecule has 1 fully saturated rings. The molecule has 1 aliphatic heterocycles. The first-order valence-corrected chi connectivity index (χ1v) is 11.5. The SMILES string of the molecule is COC(=O)c1cc(N2CCOCC2)ccc1NC(=O)c1cccc2c3c([nH]c12)CCC(C)C3. The molecule has 0 radical (unpaired) electrons. The number of carbonyl (C=O) groups excluding carboxylic acids is 2. The van der Waals surface area contributed by atoms with Gasteiger partial charge in [-0.05, 0) is 55.0 Å². The van der Waals surface area contributed by atoms with Crippen molar-refractivity contribution in [1.82, 2.24) is 4.98 Å². The Morgan fingerprint density at radius 2 is 1.97 bits per heavy atom. The summed E-state index contributed by atoms with van der Waals surface area (Å²) >= 11 is 0. The van der Waals surface area contributed by atoms with Gasteiger partial charge in [0.2, 0.25) is 0 Å². The number of hydrogen-bond acceptors (Lipinski definition) is 5. The fourth-order valence-corrected chi connectivity index (χ4v) is 4.93. The summed E-state index contributed by atoms with van der Waals surface area (Å²) in [6.07, 6.45) is 3.18. The summed E-state index contributed by atoms with van der Waals surface area (Å²) in [5, 5.41) is 4.06. The highest BCUT2D eigenvalue weighted by Gasteiger charge is 2.24. The third kappa shape index (κ3) is 4.09. The van der Waals surface area contributed by atoms with Crippen LogP contribution in [-0.2, 0) is 22.3 Å². The first kappa shape index (κ1) is 21.5. The number of H-pyrrole nitrogens is 1. The van der Waals surface area contributed by atoms with Crippen LogP contribution in [0.5, 0.6) is 0 Å². The molecule has 5 rings (SSSR count). The Labute approximate surface area is 193 Å². The largest absolute Gasteiger partial charge is 0.465 e. The smallest absolute Gasteiger partial charge is 0.340 e. The normalized spacial score (nSPS) is 18.1. The molecule has 0 spiro atoms. The number of hydrogen-bond donors (Lipinski definition) is 2. The van der Waals surface area contributed by atoms with Crippen molar-refractivity contribution in [2.75, 3.05) is 43.6 Å². The maximum absolute atomic E-state index is 13.3. The van der Waals surface area contributed by atoms with Crippen LogP contribution in [0.2, 0.25) is 0 Å². The number of aromatic nitrogens is 1. The van der Waals surface area contributed by atoms with Gasteiger partial charge in [-0.15, -0.1) is 0 Å². The number of nitrogens with one attached hydrogen (secondary N) is 2. The number of morpholine rings is 1. The molecule has 1 aromatic heterocycles. The predicted molar refractivity (Wildman–Crippen MR) is 128 cm³/mol. The quantitative estimate of drug-likeness (QED) is 0.587. The second-order valence-electron chi connectivity index (χ2n) is 8.93. The number of aryl methyl sites for hydroxylation is 1. The zero-order valence-corrected chi connectivity index (χ0v) is 19.1. The maximum Gasteiger partial charge on any atom is 0.340 e. The van der Waals surface area contributed by atoms with Gasteiger partial charge in [0.1, 0.15) is 0 Å². The fraction of sp³-hybridized carbons (Fsp3) is 0.385. The fourth-order valence-electron chi connectivity index (χ4n) is 4.93. The van der Waals surface area contributed by atoms with Crippen LogP contribution in [0, 0.1) is 5.92 Å².